The van der Waals surface area contributed by atoms with Crippen LogP contribution in [-0.4, -0.2) is 12.8 Å². The molecule has 0 amide bonds. The smallest absolute Gasteiger partial charge is 0.420 e. The molecule has 1 unspecified atom stereocenters. The van der Waals surface area contributed by atoms with E-state index < -0.39 is 6.29 Å². The highest BCUT2D eigenvalue weighted by Crippen LogP contribution is 2.07. The van der Waals surface area contributed by atoms with Crippen molar-refractivity contribution in [2.75, 3.05) is 0 Å². The summed E-state index contributed by atoms with van der Waals surface area (Å²) in [7, 11) is 0. The quantitative estimate of drug-likeness (QED) is 0.517. The van der Waals surface area contributed by atoms with Crippen molar-refractivity contribution in [2.45, 2.75) is 12.7 Å². The topological polar surface area (TPSA) is 35.5 Å². The Morgan fingerprint density at radius 3 is 3.25 bits per heavy atom. The van der Waals surface area contributed by atoms with E-state index in [-0.39, 0.29) is 0 Å². The molecule has 3 nitrogen and oxygen atoms in total. The average molecular weight is 113 g/mol. The zero-order chi connectivity index (χ0) is 5.82. The van der Waals surface area contributed by atoms with Gasteiger partial charge in [0, 0.05) is 6.42 Å². The zero-order valence-corrected chi connectivity index (χ0v) is 4.16. The van der Waals surface area contributed by atoms with Crippen LogP contribution in [0.25, 0.3) is 0 Å². The standard InChI is InChI=1S/C5H5O3/c6-4-8-5-2-1-3-7-5/h1,3,5H,2H2. The van der Waals surface area contributed by atoms with Crippen molar-refractivity contribution in [3.8, 4) is 0 Å². The summed E-state index contributed by atoms with van der Waals surface area (Å²) in [6, 6.07) is 0. The lowest BCUT2D eigenvalue weighted by Gasteiger charge is -2.03. The molecule has 0 aromatic heterocycles. The Balaban J connectivity index is 2.19. The highest BCUT2D eigenvalue weighted by molar-refractivity contribution is 5.38. The van der Waals surface area contributed by atoms with Crippen molar-refractivity contribution < 1.29 is 14.3 Å². The Kier molecular flexibility index (Phi) is 1.51. The molecule has 0 saturated heterocycles. The minimum Gasteiger partial charge on any atom is -0.462 e. The van der Waals surface area contributed by atoms with Gasteiger partial charge in [-0.15, -0.1) is 0 Å². The number of rotatable bonds is 2. The van der Waals surface area contributed by atoms with Gasteiger partial charge < -0.3 is 9.47 Å². The van der Waals surface area contributed by atoms with Crippen LogP contribution >= 0.6 is 0 Å². The fraction of sp³-hybridized carbons (Fsp3) is 0.400. The minimum absolute atomic E-state index is 0.424. The molecule has 0 fully saturated rings. The summed E-state index contributed by atoms with van der Waals surface area (Å²) in [6.45, 7) is 1.29. The van der Waals surface area contributed by atoms with E-state index in [4.69, 9.17) is 4.74 Å². The number of hydrogen-bond acceptors (Lipinski definition) is 3. The third kappa shape index (κ3) is 0.992. The molecule has 1 atom stereocenters. The summed E-state index contributed by atoms with van der Waals surface area (Å²) in [5, 5.41) is 0. The Morgan fingerprint density at radius 1 is 1.88 bits per heavy atom. The summed E-state index contributed by atoms with van der Waals surface area (Å²) in [5.41, 5.74) is 0. The first kappa shape index (κ1) is 5.15. The number of hydrogen-bond donors (Lipinski definition) is 0. The SMILES string of the molecule is O=[C]OC1CC=CO1. The van der Waals surface area contributed by atoms with Crippen LogP contribution in [0.5, 0.6) is 0 Å². The molecule has 1 heterocycles. The van der Waals surface area contributed by atoms with Gasteiger partial charge in [-0.2, -0.15) is 0 Å². The van der Waals surface area contributed by atoms with Gasteiger partial charge in [-0.3, -0.25) is 0 Å². The lowest BCUT2D eigenvalue weighted by atomic mass is 10.4. The van der Waals surface area contributed by atoms with Gasteiger partial charge in [0.05, 0.1) is 6.26 Å². The van der Waals surface area contributed by atoms with Gasteiger partial charge in [0.1, 0.15) is 0 Å². The monoisotopic (exact) mass is 113 g/mol. The van der Waals surface area contributed by atoms with Crippen LogP contribution in [-0.2, 0) is 14.3 Å². The first-order chi connectivity index (χ1) is 3.93. The average Bonchev–Trinajstić information content (AvgIpc) is 2.19. The molecule has 1 aliphatic heterocycles. The molecule has 3 heteroatoms. The molecule has 8 heavy (non-hydrogen) atoms. The summed E-state index contributed by atoms with van der Waals surface area (Å²) >= 11 is 0. The molecule has 0 spiro atoms. The Labute approximate surface area is 46.9 Å². The first-order valence-corrected chi connectivity index (χ1v) is 2.27. The van der Waals surface area contributed by atoms with Crippen molar-refractivity contribution in [1.29, 1.82) is 0 Å². The van der Waals surface area contributed by atoms with E-state index in [1.807, 2.05) is 0 Å². The molecule has 43 valence electrons. The van der Waals surface area contributed by atoms with Gasteiger partial charge in [0.25, 0.3) is 0 Å². The molecule has 0 bridgehead atoms. The second-order valence-corrected chi connectivity index (χ2v) is 1.37. The maximum Gasteiger partial charge on any atom is 0.420 e. The Bertz CT molecular complexity index is 100. The fourth-order valence-electron chi connectivity index (χ4n) is 0.495. The molecule has 0 aliphatic carbocycles. The predicted molar refractivity (Wildman–Crippen MR) is 25.4 cm³/mol. The molecule has 0 N–H and O–H groups in total. The molecule has 0 saturated carbocycles. The van der Waals surface area contributed by atoms with Gasteiger partial charge in [0.15, 0.2) is 0 Å². The van der Waals surface area contributed by atoms with Gasteiger partial charge in [-0.05, 0) is 6.08 Å². The van der Waals surface area contributed by atoms with Crippen LogP contribution in [0.4, 0.5) is 0 Å². The summed E-state index contributed by atoms with van der Waals surface area (Å²) in [5.74, 6) is 0. The summed E-state index contributed by atoms with van der Waals surface area (Å²) in [6.07, 6.45) is 3.49. The number of carbonyl (C=O) groups excluding carboxylic acids is 1. The molecular weight excluding hydrogens is 108 g/mol. The minimum atomic E-state index is -0.424. The van der Waals surface area contributed by atoms with E-state index in [2.05, 4.69) is 4.74 Å². The van der Waals surface area contributed by atoms with Crippen molar-refractivity contribution in [2.24, 2.45) is 0 Å². The third-order valence-electron chi connectivity index (χ3n) is 0.835. The van der Waals surface area contributed by atoms with Gasteiger partial charge in [-0.1, -0.05) is 0 Å². The van der Waals surface area contributed by atoms with Crippen molar-refractivity contribution >= 4 is 6.47 Å². The first-order valence-electron chi connectivity index (χ1n) is 2.27. The van der Waals surface area contributed by atoms with Gasteiger partial charge >= 0.3 is 6.47 Å². The lowest BCUT2D eigenvalue weighted by molar-refractivity contribution is -0.0224. The maximum atomic E-state index is 9.51. The van der Waals surface area contributed by atoms with E-state index in [1.165, 1.54) is 12.7 Å². The highest BCUT2D eigenvalue weighted by atomic mass is 16.7. The second-order valence-electron chi connectivity index (χ2n) is 1.37. The maximum absolute atomic E-state index is 9.51. The molecule has 1 radical (unpaired) electrons. The molecule has 0 aromatic carbocycles. The van der Waals surface area contributed by atoms with Crippen LogP contribution in [0.2, 0.25) is 0 Å². The highest BCUT2D eigenvalue weighted by Gasteiger charge is 2.10. The van der Waals surface area contributed by atoms with Gasteiger partial charge in [0.2, 0.25) is 6.29 Å². The van der Waals surface area contributed by atoms with Crippen molar-refractivity contribution in [1.82, 2.24) is 0 Å². The second kappa shape index (κ2) is 2.35. The molecule has 0 aromatic rings. The van der Waals surface area contributed by atoms with E-state index in [1.54, 1.807) is 6.08 Å². The largest absolute Gasteiger partial charge is 0.462 e. The van der Waals surface area contributed by atoms with Crippen molar-refractivity contribution in [3.05, 3.63) is 12.3 Å². The Morgan fingerprint density at radius 2 is 2.75 bits per heavy atom. The predicted octanol–water partition coefficient (Wildman–Crippen LogP) is 0.330. The third-order valence-corrected chi connectivity index (χ3v) is 0.835. The van der Waals surface area contributed by atoms with E-state index in [9.17, 15) is 4.79 Å². The van der Waals surface area contributed by atoms with E-state index in [0.29, 0.717) is 6.42 Å². The van der Waals surface area contributed by atoms with Crippen LogP contribution in [0.3, 0.4) is 0 Å². The molecule has 1 aliphatic rings. The molecule has 1 rings (SSSR count). The Hall–Kier alpha value is -0.990. The van der Waals surface area contributed by atoms with Crippen LogP contribution in [0, 0.1) is 0 Å². The fourth-order valence-corrected chi connectivity index (χ4v) is 0.495. The van der Waals surface area contributed by atoms with Gasteiger partial charge in [-0.25, -0.2) is 4.79 Å². The van der Waals surface area contributed by atoms with E-state index >= 15 is 0 Å². The number of ether oxygens (including phenoxy) is 2. The van der Waals surface area contributed by atoms with Crippen LogP contribution in [0.15, 0.2) is 12.3 Å². The van der Waals surface area contributed by atoms with Crippen LogP contribution < -0.4 is 0 Å². The van der Waals surface area contributed by atoms with E-state index in [0.717, 1.165) is 0 Å². The van der Waals surface area contributed by atoms with Crippen LogP contribution in [0.1, 0.15) is 6.42 Å². The zero-order valence-electron chi connectivity index (χ0n) is 4.16. The molecular formula is C5H5O3. The van der Waals surface area contributed by atoms with Crippen molar-refractivity contribution in [3.63, 3.8) is 0 Å². The summed E-state index contributed by atoms with van der Waals surface area (Å²) < 4.78 is 9.04. The lowest BCUT2D eigenvalue weighted by Crippen LogP contribution is -2.07. The normalized spacial score (nSPS) is 24.8. The summed E-state index contributed by atoms with van der Waals surface area (Å²) in [4.78, 5) is 9.51.